The van der Waals surface area contributed by atoms with Crippen LogP contribution < -0.4 is 14.8 Å². The van der Waals surface area contributed by atoms with Gasteiger partial charge in [-0.05, 0) is 53.6 Å². The summed E-state index contributed by atoms with van der Waals surface area (Å²) in [6.45, 7) is 0.982. The largest absolute Gasteiger partial charge is 0.493 e. The van der Waals surface area contributed by atoms with E-state index >= 15 is 0 Å². The van der Waals surface area contributed by atoms with Crippen molar-refractivity contribution in [3.8, 4) is 11.5 Å². The molecule has 0 aliphatic carbocycles. The van der Waals surface area contributed by atoms with Gasteiger partial charge in [0.1, 0.15) is 6.61 Å². The maximum absolute atomic E-state index is 11.1. The van der Waals surface area contributed by atoms with Crippen molar-refractivity contribution in [3.63, 3.8) is 0 Å². The van der Waals surface area contributed by atoms with Gasteiger partial charge in [-0.3, -0.25) is 0 Å². The van der Waals surface area contributed by atoms with Crippen LogP contribution in [0.2, 0.25) is 0 Å². The quantitative estimate of drug-likeness (QED) is 0.493. The van der Waals surface area contributed by atoms with Gasteiger partial charge in [-0.2, -0.15) is 0 Å². The minimum atomic E-state index is -0.947. The number of methoxy groups -OCH3 is 1. The van der Waals surface area contributed by atoms with E-state index in [1.54, 1.807) is 25.3 Å². The lowest BCUT2D eigenvalue weighted by atomic mass is 10.1. The average molecular weight is 442 g/mol. The van der Waals surface area contributed by atoms with E-state index in [-0.39, 0.29) is 5.56 Å². The molecule has 0 aliphatic rings. The number of ether oxygens (including phenoxy) is 2. The number of carbonyl (C=O) groups is 1. The van der Waals surface area contributed by atoms with Gasteiger partial charge >= 0.3 is 5.97 Å². The van der Waals surface area contributed by atoms with Crippen molar-refractivity contribution >= 4 is 27.6 Å². The summed E-state index contributed by atoms with van der Waals surface area (Å²) in [5, 5.41) is 12.3. The smallest absolute Gasteiger partial charge is 0.335 e. The zero-order chi connectivity index (χ0) is 19.9. The van der Waals surface area contributed by atoms with Crippen LogP contribution in [0.15, 0.2) is 71.2 Å². The van der Waals surface area contributed by atoms with Gasteiger partial charge in [0.15, 0.2) is 11.5 Å². The predicted molar refractivity (Wildman–Crippen MR) is 112 cm³/mol. The minimum absolute atomic E-state index is 0.249. The zero-order valence-electron chi connectivity index (χ0n) is 15.3. The Morgan fingerprint density at radius 1 is 1.00 bits per heavy atom. The number of carboxylic acids is 1. The SMILES string of the molecule is COc1cc(CNc2cccc(C(=O)O)c2)ccc1OCc1ccc(Br)cc1. The van der Waals surface area contributed by atoms with Crippen LogP contribution in [-0.2, 0) is 13.2 Å². The summed E-state index contributed by atoms with van der Waals surface area (Å²) in [4.78, 5) is 11.1. The number of hydrogen-bond acceptors (Lipinski definition) is 4. The fourth-order valence-electron chi connectivity index (χ4n) is 2.65. The fourth-order valence-corrected chi connectivity index (χ4v) is 2.91. The first-order valence-corrected chi connectivity index (χ1v) is 9.46. The molecule has 0 spiro atoms. The molecule has 6 heteroatoms. The highest BCUT2D eigenvalue weighted by molar-refractivity contribution is 9.10. The summed E-state index contributed by atoms with van der Waals surface area (Å²) in [5.41, 5.74) is 3.05. The van der Waals surface area contributed by atoms with E-state index in [1.807, 2.05) is 48.5 Å². The Morgan fingerprint density at radius 3 is 2.46 bits per heavy atom. The molecule has 0 atom stereocenters. The second kappa shape index (κ2) is 9.28. The Bertz CT molecular complexity index is 957. The maximum atomic E-state index is 11.1. The third-order valence-corrected chi connectivity index (χ3v) is 4.67. The number of anilines is 1. The van der Waals surface area contributed by atoms with Gasteiger partial charge in [0.25, 0.3) is 0 Å². The summed E-state index contributed by atoms with van der Waals surface area (Å²) < 4.78 is 12.4. The molecular weight excluding hydrogens is 422 g/mol. The van der Waals surface area contributed by atoms with Gasteiger partial charge in [-0.15, -0.1) is 0 Å². The van der Waals surface area contributed by atoms with Gasteiger partial charge in [0.05, 0.1) is 12.7 Å². The normalized spacial score (nSPS) is 10.4. The first-order valence-electron chi connectivity index (χ1n) is 8.66. The Kier molecular flexibility index (Phi) is 6.55. The monoisotopic (exact) mass is 441 g/mol. The van der Waals surface area contributed by atoms with E-state index in [0.29, 0.717) is 24.7 Å². The third-order valence-electron chi connectivity index (χ3n) is 4.14. The summed E-state index contributed by atoms with van der Waals surface area (Å²) in [5.74, 6) is 0.371. The molecule has 28 heavy (non-hydrogen) atoms. The second-order valence-corrected chi connectivity index (χ2v) is 7.06. The number of nitrogens with one attached hydrogen (secondary N) is 1. The maximum Gasteiger partial charge on any atom is 0.335 e. The van der Waals surface area contributed by atoms with E-state index in [0.717, 1.165) is 21.3 Å². The van der Waals surface area contributed by atoms with Gasteiger partial charge in [-0.25, -0.2) is 4.79 Å². The lowest BCUT2D eigenvalue weighted by Gasteiger charge is -2.13. The molecule has 2 N–H and O–H groups in total. The molecule has 0 saturated carbocycles. The first kappa shape index (κ1) is 19.8. The van der Waals surface area contributed by atoms with Crippen LogP contribution in [0.4, 0.5) is 5.69 Å². The van der Waals surface area contributed by atoms with Crippen molar-refractivity contribution in [2.45, 2.75) is 13.2 Å². The lowest BCUT2D eigenvalue weighted by Crippen LogP contribution is -2.03. The predicted octanol–water partition coefficient (Wildman–Crippen LogP) is 5.35. The molecule has 0 bridgehead atoms. The zero-order valence-corrected chi connectivity index (χ0v) is 16.9. The Labute approximate surface area is 172 Å². The number of carboxylic acid groups (broad SMARTS) is 1. The molecule has 3 rings (SSSR count). The molecule has 0 fully saturated rings. The molecule has 0 aliphatic heterocycles. The number of rotatable bonds is 8. The van der Waals surface area contributed by atoms with Crippen molar-refractivity contribution in [2.24, 2.45) is 0 Å². The van der Waals surface area contributed by atoms with Crippen LogP contribution in [0.1, 0.15) is 21.5 Å². The van der Waals surface area contributed by atoms with Crippen molar-refractivity contribution < 1.29 is 19.4 Å². The highest BCUT2D eigenvalue weighted by Crippen LogP contribution is 2.29. The van der Waals surface area contributed by atoms with E-state index in [2.05, 4.69) is 21.2 Å². The van der Waals surface area contributed by atoms with Gasteiger partial charge in [-0.1, -0.05) is 40.2 Å². The second-order valence-electron chi connectivity index (χ2n) is 6.14. The van der Waals surface area contributed by atoms with Crippen molar-refractivity contribution in [1.82, 2.24) is 0 Å². The summed E-state index contributed by atoms with van der Waals surface area (Å²) in [7, 11) is 1.61. The van der Waals surface area contributed by atoms with Crippen LogP contribution in [0, 0.1) is 0 Å². The molecule has 0 amide bonds. The summed E-state index contributed by atoms with van der Waals surface area (Å²) >= 11 is 3.42. The highest BCUT2D eigenvalue weighted by Gasteiger charge is 2.08. The van der Waals surface area contributed by atoms with E-state index in [9.17, 15) is 4.79 Å². The van der Waals surface area contributed by atoms with Crippen LogP contribution in [0.3, 0.4) is 0 Å². The molecule has 0 aromatic heterocycles. The molecule has 0 saturated heterocycles. The number of aromatic carboxylic acids is 1. The Hall–Kier alpha value is -2.99. The van der Waals surface area contributed by atoms with E-state index < -0.39 is 5.97 Å². The van der Waals surface area contributed by atoms with Crippen LogP contribution in [-0.4, -0.2) is 18.2 Å². The topological polar surface area (TPSA) is 67.8 Å². The Balaban J connectivity index is 1.64. The van der Waals surface area contributed by atoms with Crippen LogP contribution >= 0.6 is 15.9 Å². The molecule has 0 radical (unpaired) electrons. The first-order chi connectivity index (χ1) is 13.5. The molecule has 144 valence electrons. The Morgan fingerprint density at radius 2 is 1.75 bits per heavy atom. The fraction of sp³-hybridized carbons (Fsp3) is 0.136. The average Bonchev–Trinajstić information content (AvgIpc) is 2.72. The number of halogens is 1. The molecule has 3 aromatic rings. The molecule has 5 nitrogen and oxygen atoms in total. The molecule has 0 heterocycles. The highest BCUT2D eigenvalue weighted by atomic mass is 79.9. The van der Waals surface area contributed by atoms with Crippen molar-refractivity contribution in [1.29, 1.82) is 0 Å². The number of hydrogen-bond donors (Lipinski definition) is 2. The molecule has 3 aromatic carbocycles. The standard InChI is InChI=1S/C22H20BrNO4/c1-27-21-11-16(13-24-19-4-2-3-17(12-19)22(25)26)7-10-20(21)28-14-15-5-8-18(23)9-6-15/h2-12,24H,13-14H2,1H3,(H,25,26). The molecular formula is C22H20BrNO4. The van der Waals surface area contributed by atoms with Crippen molar-refractivity contribution in [2.75, 3.05) is 12.4 Å². The van der Waals surface area contributed by atoms with Crippen molar-refractivity contribution in [3.05, 3.63) is 87.9 Å². The lowest BCUT2D eigenvalue weighted by molar-refractivity contribution is 0.0697. The molecule has 0 unspecified atom stereocenters. The summed E-state index contributed by atoms with van der Waals surface area (Å²) in [6.07, 6.45) is 0. The minimum Gasteiger partial charge on any atom is -0.493 e. The van der Waals surface area contributed by atoms with Gasteiger partial charge < -0.3 is 19.9 Å². The van der Waals surface area contributed by atoms with E-state index in [4.69, 9.17) is 14.6 Å². The van der Waals surface area contributed by atoms with Gasteiger partial charge in [0, 0.05) is 16.7 Å². The van der Waals surface area contributed by atoms with Crippen LogP contribution in [0.25, 0.3) is 0 Å². The summed E-state index contributed by atoms with van der Waals surface area (Å²) in [6, 6.07) is 20.4. The van der Waals surface area contributed by atoms with E-state index in [1.165, 1.54) is 0 Å². The number of benzene rings is 3. The van der Waals surface area contributed by atoms with Crippen LogP contribution in [0.5, 0.6) is 11.5 Å². The van der Waals surface area contributed by atoms with Gasteiger partial charge in [0.2, 0.25) is 0 Å². The third kappa shape index (κ3) is 5.27.